The highest BCUT2D eigenvalue weighted by Crippen LogP contribution is 2.22. The molecule has 0 bridgehead atoms. The Labute approximate surface area is 122 Å². The maximum Gasteiger partial charge on any atom is 0.307 e. The van der Waals surface area contributed by atoms with Gasteiger partial charge in [0.05, 0.1) is 13.5 Å². The van der Waals surface area contributed by atoms with E-state index in [1.165, 1.54) is 12.8 Å². The van der Waals surface area contributed by atoms with Gasteiger partial charge in [0.1, 0.15) is 0 Å². The average molecular weight is 327 g/mol. The van der Waals surface area contributed by atoms with E-state index in [0.29, 0.717) is 12.5 Å². The van der Waals surface area contributed by atoms with Gasteiger partial charge in [0.25, 0.3) is 0 Å². The average Bonchev–Trinajstić information content (AvgIpc) is 2.42. The van der Waals surface area contributed by atoms with E-state index in [2.05, 4.69) is 45.2 Å². The third kappa shape index (κ3) is 3.70. The normalized spacial score (nSPS) is 23.2. The fourth-order valence-electron chi connectivity index (χ4n) is 2.34. The van der Waals surface area contributed by atoms with E-state index in [4.69, 9.17) is 4.74 Å². The zero-order chi connectivity index (χ0) is 13.8. The summed E-state index contributed by atoms with van der Waals surface area (Å²) in [5.41, 5.74) is 1.19. The third-order valence-electron chi connectivity index (χ3n) is 3.45. The van der Waals surface area contributed by atoms with Gasteiger partial charge in [-0.15, -0.1) is 0 Å². The molecule has 1 aliphatic heterocycles. The summed E-state index contributed by atoms with van der Waals surface area (Å²) in [4.78, 5) is 13.7. The van der Waals surface area contributed by atoms with Crippen LogP contribution in [0.4, 0.5) is 5.69 Å². The minimum atomic E-state index is -0.164. The first-order chi connectivity index (χ1) is 9.10. The summed E-state index contributed by atoms with van der Waals surface area (Å²) < 4.78 is 5.81. The second-order valence-corrected chi connectivity index (χ2v) is 5.78. The number of methoxy groups -OCH3 is 1. The summed E-state index contributed by atoms with van der Waals surface area (Å²) in [6.07, 6.45) is 0.413. The highest BCUT2D eigenvalue weighted by molar-refractivity contribution is 9.10. The third-order valence-corrected chi connectivity index (χ3v) is 3.98. The zero-order valence-corrected chi connectivity index (χ0v) is 12.8. The standard InChI is InChI=1S/C14H19BrN2O2/c1-10-8-16-12(7-14(18)19-2)9-17(10)13-5-3-11(15)4-6-13/h3-6,10,12,16H,7-9H2,1-2H3. The predicted octanol–water partition coefficient (Wildman–Crippen LogP) is 2.18. The molecule has 4 nitrogen and oxygen atoms in total. The molecular formula is C14H19BrN2O2. The van der Waals surface area contributed by atoms with Crippen molar-refractivity contribution < 1.29 is 9.53 Å². The number of esters is 1. The van der Waals surface area contributed by atoms with Crippen molar-refractivity contribution in [3.63, 3.8) is 0 Å². The Hall–Kier alpha value is -1.07. The summed E-state index contributed by atoms with van der Waals surface area (Å²) in [7, 11) is 1.43. The molecule has 0 saturated carbocycles. The molecular weight excluding hydrogens is 308 g/mol. The van der Waals surface area contributed by atoms with Gasteiger partial charge in [-0.2, -0.15) is 0 Å². The van der Waals surface area contributed by atoms with Crippen LogP contribution in [0, 0.1) is 0 Å². The lowest BCUT2D eigenvalue weighted by Gasteiger charge is -2.40. The number of benzene rings is 1. The summed E-state index contributed by atoms with van der Waals surface area (Å²) in [5.74, 6) is -0.164. The quantitative estimate of drug-likeness (QED) is 0.864. The van der Waals surface area contributed by atoms with Crippen LogP contribution in [0.5, 0.6) is 0 Å². The van der Waals surface area contributed by atoms with Crippen LogP contribution in [0.25, 0.3) is 0 Å². The molecule has 0 aromatic heterocycles. The molecule has 1 aromatic carbocycles. The second kappa shape index (κ2) is 6.39. The molecule has 1 aliphatic rings. The molecule has 2 unspecified atom stereocenters. The largest absolute Gasteiger partial charge is 0.469 e. The Morgan fingerprint density at radius 1 is 1.47 bits per heavy atom. The van der Waals surface area contributed by atoms with Crippen LogP contribution in [0.1, 0.15) is 13.3 Å². The number of hydrogen-bond acceptors (Lipinski definition) is 4. The number of halogens is 1. The number of hydrogen-bond donors (Lipinski definition) is 1. The Kier molecular flexibility index (Phi) is 4.82. The minimum Gasteiger partial charge on any atom is -0.469 e. The van der Waals surface area contributed by atoms with Crippen molar-refractivity contribution in [3.05, 3.63) is 28.7 Å². The van der Waals surface area contributed by atoms with Crippen molar-refractivity contribution in [1.82, 2.24) is 5.32 Å². The zero-order valence-electron chi connectivity index (χ0n) is 11.2. The molecule has 19 heavy (non-hydrogen) atoms. The summed E-state index contributed by atoms with van der Waals surface area (Å²) in [5, 5.41) is 3.39. The van der Waals surface area contributed by atoms with Crippen molar-refractivity contribution in [1.29, 1.82) is 0 Å². The van der Waals surface area contributed by atoms with E-state index in [1.54, 1.807) is 0 Å². The van der Waals surface area contributed by atoms with Crippen molar-refractivity contribution in [2.24, 2.45) is 0 Å². The van der Waals surface area contributed by atoms with Crippen LogP contribution in [0.2, 0.25) is 0 Å². The number of piperazine rings is 1. The second-order valence-electron chi connectivity index (χ2n) is 4.86. The Morgan fingerprint density at radius 2 is 2.16 bits per heavy atom. The molecule has 0 amide bonds. The Balaban J connectivity index is 2.06. The molecule has 0 radical (unpaired) electrons. The number of nitrogens with one attached hydrogen (secondary N) is 1. The first-order valence-electron chi connectivity index (χ1n) is 6.42. The van der Waals surface area contributed by atoms with E-state index in [-0.39, 0.29) is 12.0 Å². The monoisotopic (exact) mass is 326 g/mol. The van der Waals surface area contributed by atoms with Crippen LogP contribution >= 0.6 is 15.9 Å². The van der Waals surface area contributed by atoms with Crippen LogP contribution in [-0.2, 0) is 9.53 Å². The number of anilines is 1. The molecule has 1 N–H and O–H groups in total. The topological polar surface area (TPSA) is 41.6 Å². The summed E-state index contributed by atoms with van der Waals surface area (Å²) >= 11 is 3.45. The smallest absolute Gasteiger partial charge is 0.307 e. The maximum absolute atomic E-state index is 11.4. The highest BCUT2D eigenvalue weighted by Gasteiger charge is 2.26. The van der Waals surface area contributed by atoms with Gasteiger partial charge in [-0.25, -0.2) is 0 Å². The highest BCUT2D eigenvalue weighted by atomic mass is 79.9. The number of rotatable bonds is 3. The molecule has 104 valence electrons. The fourth-order valence-corrected chi connectivity index (χ4v) is 2.61. The van der Waals surface area contributed by atoms with Crippen LogP contribution < -0.4 is 10.2 Å². The van der Waals surface area contributed by atoms with Crippen molar-refractivity contribution in [2.75, 3.05) is 25.1 Å². The van der Waals surface area contributed by atoms with E-state index in [0.717, 1.165) is 17.6 Å². The van der Waals surface area contributed by atoms with Gasteiger partial charge < -0.3 is 15.0 Å². The molecule has 1 saturated heterocycles. The van der Waals surface area contributed by atoms with E-state index in [1.807, 2.05) is 12.1 Å². The van der Waals surface area contributed by atoms with Gasteiger partial charge in [0, 0.05) is 35.3 Å². The molecule has 1 heterocycles. The van der Waals surface area contributed by atoms with Crippen molar-refractivity contribution >= 4 is 27.6 Å². The van der Waals surface area contributed by atoms with Gasteiger partial charge >= 0.3 is 5.97 Å². The Bertz CT molecular complexity index is 436. The first-order valence-corrected chi connectivity index (χ1v) is 7.22. The molecule has 2 atom stereocenters. The van der Waals surface area contributed by atoms with E-state index >= 15 is 0 Å². The van der Waals surface area contributed by atoms with E-state index in [9.17, 15) is 4.79 Å². The predicted molar refractivity (Wildman–Crippen MR) is 79.4 cm³/mol. The molecule has 5 heteroatoms. The number of nitrogens with zero attached hydrogens (tertiary/aromatic N) is 1. The lowest BCUT2D eigenvalue weighted by molar-refractivity contribution is -0.141. The van der Waals surface area contributed by atoms with E-state index < -0.39 is 0 Å². The summed E-state index contributed by atoms with van der Waals surface area (Å²) in [6.45, 7) is 3.87. The molecule has 0 aliphatic carbocycles. The van der Waals surface area contributed by atoms with Gasteiger partial charge in [-0.1, -0.05) is 15.9 Å². The van der Waals surface area contributed by atoms with Crippen LogP contribution in [0.3, 0.4) is 0 Å². The SMILES string of the molecule is COC(=O)CC1CN(c2ccc(Br)cc2)C(C)CN1. The lowest BCUT2D eigenvalue weighted by atomic mass is 10.1. The van der Waals surface area contributed by atoms with Gasteiger partial charge in [-0.3, -0.25) is 4.79 Å². The first kappa shape index (κ1) is 14.3. The van der Waals surface area contributed by atoms with Crippen LogP contribution in [-0.4, -0.2) is 38.3 Å². The number of ether oxygens (including phenoxy) is 1. The van der Waals surface area contributed by atoms with Gasteiger partial charge in [-0.05, 0) is 31.2 Å². The molecule has 0 spiro atoms. The van der Waals surface area contributed by atoms with Gasteiger partial charge in [0.15, 0.2) is 0 Å². The summed E-state index contributed by atoms with van der Waals surface area (Å²) in [6, 6.07) is 8.84. The molecule has 1 fully saturated rings. The Morgan fingerprint density at radius 3 is 2.79 bits per heavy atom. The van der Waals surface area contributed by atoms with Gasteiger partial charge in [0.2, 0.25) is 0 Å². The maximum atomic E-state index is 11.4. The fraction of sp³-hybridized carbons (Fsp3) is 0.500. The molecule has 1 aromatic rings. The lowest BCUT2D eigenvalue weighted by Crippen LogP contribution is -2.56. The van der Waals surface area contributed by atoms with Crippen molar-refractivity contribution in [3.8, 4) is 0 Å². The van der Waals surface area contributed by atoms with Crippen LogP contribution in [0.15, 0.2) is 28.7 Å². The molecule has 2 rings (SSSR count). The number of carbonyl (C=O) groups is 1. The minimum absolute atomic E-state index is 0.146. The number of carbonyl (C=O) groups excluding carboxylic acids is 1. The van der Waals surface area contributed by atoms with Crippen molar-refractivity contribution in [2.45, 2.75) is 25.4 Å².